The summed E-state index contributed by atoms with van der Waals surface area (Å²) in [6.07, 6.45) is 5.50. The van der Waals surface area contributed by atoms with Crippen LogP contribution < -0.4 is 36.1 Å². The largest absolute Gasteiger partial charge is 0.494 e. The van der Waals surface area contributed by atoms with E-state index in [9.17, 15) is 14.4 Å². The van der Waals surface area contributed by atoms with E-state index in [4.69, 9.17) is 15.2 Å². The minimum absolute atomic E-state index is 0.0566. The average Bonchev–Trinajstić information content (AvgIpc) is 3.53. The molecule has 42 heavy (non-hydrogen) atoms. The van der Waals surface area contributed by atoms with Crippen molar-refractivity contribution in [3.63, 3.8) is 0 Å². The van der Waals surface area contributed by atoms with Crippen molar-refractivity contribution in [2.24, 2.45) is 5.73 Å². The number of unbranched alkanes of at least 4 members (excludes halogenated alkanes) is 3. The van der Waals surface area contributed by atoms with Crippen molar-refractivity contribution in [1.82, 2.24) is 16.0 Å². The molecule has 5 atom stereocenters. The number of amides is 4. The molecule has 5 rings (SSSR count). The number of hydrogen-bond acceptors (Lipinski definition) is 7. The van der Waals surface area contributed by atoms with Gasteiger partial charge in [0.1, 0.15) is 23.6 Å². The molecule has 11 heteroatoms. The van der Waals surface area contributed by atoms with Gasteiger partial charge in [0.05, 0.1) is 24.4 Å². The highest BCUT2D eigenvalue weighted by atomic mass is 32.2. The first kappa shape index (κ1) is 30.0. The summed E-state index contributed by atoms with van der Waals surface area (Å²) in [4.78, 5) is 38.2. The summed E-state index contributed by atoms with van der Waals surface area (Å²) in [6, 6.07) is 14.6. The van der Waals surface area contributed by atoms with Crippen molar-refractivity contribution >= 4 is 35.3 Å². The molecule has 2 saturated heterocycles. The van der Waals surface area contributed by atoms with Gasteiger partial charge in [-0.3, -0.25) is 9.59 Å². The molecule has 2 fully saturated rings. The molecule has 0 aliphatic carbocycles. The highest BCUT2D eigenvalue weighted by molar-refractivity contribution is 8.00. The molecule has 0 aromatic heterocycles. The standard InChI is InChI=1S/C31H41N5O5S/c1-36-23-18-21(14-15-24(23)41-29(27(32)30(36)38)20-10-4-2-5-11-20)40-17-9-3-8-16-33-26(37)13-7-6-12-25-28-22(19-42-25)34-31(39)35-28/h2,4-5,10-11,14-15,18,22,25,27-29H,3,6-9,12-13,16-17,19,32H2,1H3,(H,33,37)(H2,34,35,39)/t22-,25-,27-,28-,29+/m0/s1. The normalized spacial score (nSPS) is 24.6. The Bertz CT molecular complexity index is 1250. The van der Waals surface area contributed by atoms with Crippen molar-refractivity contribution in [2.45, 2.75) is 74.4 Å². The lowest BCUT2D eigenvalue weighted by atomic mass is 10.0. The van der Waals surface area contributed by atoms with Crippen LogP contribution in [0.3, 0.4) is 0 Å². The second kappa shape index (κ2) is 14.2. The Hall–Kier alpha value is -3.44. The summed E-state index contributed by atoms with van der Waals surface area (Å²) in [6.45, 7) is 1.19. The summed E-state index contributed by atoms with van der Waals surface area (Å²) in [5.74, 6) is 2.09. The Balaban J connectivity index is 0.964. The van der Waals surface area contributed by atoms with E-state index in [0.29, 0.717) is 42.0 Å². The lowest BCUT2D eigenvalue weighted by Crippen LogP contribution is -2.45. The first-order valence-corrected chi connectivity index (χ1v) is 15.9. The van der Waals surface area contributed by atoms with Crippen LogP contribution in [-0.4, -0.2) is 67.2 Å². The van der Waals surface area contributed by atoms with Gasteiger partial charge in [0.15, 0.2) is 0 Å². The van der Waals surface area contributed by atoms with Gasteiger partial charge >= 0.3 is 6.03 Å². The minimum Gasteiger partial charge on any atom is -0.494 e. The first-order chi connectivity index (χ1) is 20.4. The Morgan fingerprint density at radius 3 is 2.76 bits per heavy atom. The van der Waals surface area contributed by atoms with Crippen molar-refractivity contribution in [3.8, 4) is 11.5 Å². The molecule has 3 aliphatic rings. The zero-order valence-electron chi connectivity index (χ0n) is 24.1. The van der Waals surface area contributed by atoms with Crippen molar-refractivity contribution in [2.75, 3.05) is 30.9 Å². The van der Waals surface area contributed by atoms with E-state index in [1.807, 2.05) is 60.3 Å². The lowest BCUT2D eigenvalue weighted by Gasteiger charge is -2.22. The van der Waals surface area contributed by atoms with Crippen LogP contribution in [0.25, 0.3) is 0 Å². The van der Waals surface area contributed by atoms with E-state index < -0.39 is 12.1 Å². The summed E-state index contributed by atoms with van der Waals surface area (Å²) < 4.78 is 12.2. The Labute approximate surface area is 251 Å². The number of thioether (sulfide) groups is 1. The number of urea groups is 1. The molecule has 0 bridgehead atoms. The van der Waals surface area contributed by atoms with Gasteiger partial charge in [0, 0.05) is 37.1 Å². The fraction of sp³-hybridized carbons (Fsp3) is 0.516. The van der Waals surface area contributed by atoms with E-state index in [1.165, 1.54) is 4.90 Å². The highest BCUT2D eigenvalue weighted by Crippen LogP contribution is 2.39. The van der Waals surface area contributed by atoms with E-state index in [2.05, 4.69) is 16.0 Å². The van der Waals surface area contributed by atoms with Crippen LogP contribution in [0.2, 0.25) is 0 Å². The number of nitrogens with one attached hydrogen (secondary N) is 3. The third-order valence-electron chi connectivity index (χ3n) is 8.11. The van der Waals surface area contributed by atoms with Crippen LogP contribution in [0.5, 0.6) is 11.5 Å². The van der Waals surface area contributed by atoms with Crippen LogP contribution in [0.15, 0.2) is 48.5 Å². The fourth-order valence-electron chi connectivity index (χ4n) is 5.73. The number of hydrogen-bond donors (Lipinski definition) is 4. The monoisotopic (exact) mass is 595 g/mol. The van der Waals surface area contributed by atoms with Gasteiger partial charge < -0.3 is 36.1 Å². The van der Waals surface area contributed by atoms with Gasteiger partial charge in [0.2, 0.25) is 11.8 Å². The SMILES string of the molecule is CN1C(=O)[C@@H](N)[C@@H](c2ccccc2)Oc2ccc(OCCCCCNC(=O)CCCC[C@@H]3SC[C@@H]4NC(=O)N[C@@H]43)cc21. The predicted octanol–water partition coefficient (Wildman–Crippen LogP) is 3.50. The Kier molecular flexibility index (Phi) is 10.1. The number of anilines is 1. The van der Waals surface area contributed by atoms with Gasteiger partial charge in [-0.1, -0.05) is 36.8 Å². The van der Waals surface area contributed by atoms with Crippen LogP contribution in [0.1, 0.15) is 56.6 Å². The number of carbonyl (C=O) groups is 3. The third kappa shape index (κ3) is 7.30. The number of nitrogens with two attached hydrogens (primary N) is 1. The smallest absolute Gasteiger partial charge is 0.315 e. The molecule has 2 aromatic rings. The van der Waals surface area contributed by atoms with Gasteiger partial charge in [-0.15, -0.1) is 0 Å². The Morgan fingerprint density at radius 2 is 1.93 bits per heavy atom. The van der Waals surface area contributed by atoms with Crippen molar-refractivity contribution < 1.29 is 23.9 Å². The lowest BCUT2D eigenvalue weighted by molar-refractivity contribution is -0.122. The van der Waals surface area contributed by atoms with Gasteiger partial charge in [-0.25, -0.2) is 4.79 Å². The zero-order chi connectivity index (χ0) is 29.5. The number of nitrogens with zero attached hydrogens (tertiary/aromatic N) is 1. The van der Waals surface area contributed by atoms with Crippen molar-refractivity contribution in [1.29, 1.82) is 0 Å². The molecule has 0 radical (unpaired) electrons. The Morgan fingerprint density at radius 1 is 1.10 bits per heavy atom. The number of rotatable bonds is 13. The summed E-state index contributed by atoms with van der Waals surface area (Å²) >= 11 is 1.91. The third-order valence-corrected chi connectivity index (χ3v) is 9.62. The molecular formula is C31H41N5O5S. The zero-order valence-corrected chi connectivity index (χ0v) is 24.9. The number of fused-ring (bicyclic) bond motifs is 2. The molecule has 10 nitrogen and oxygen atoms in total. The van der Waals surface area contributed by atoms with E-state index in [0.717, 1.165) is 49.8 Å². The average molecular weight is 596 g/mol. The fourth-order valence-corrected chi connectivity index (χ4v) is 7.28. The van der Waals surface area contributed by atoms with Crippen LogP contribution in [0, 0.1) is 0 Å². The van der Waals surface area contributed by atoms with Crippen LogP contribution in [-0.2, 0) is 9.59 Å². The quantitative estimate of drug-likeness (QED) is 0.206. The minimum atomic E-state index is -0.825. The second-order valence-electron chi connectivity index (χ2n) is 11.1. The van der Waals surface area contributed by atoms with E-state index in [1.54, 1.807) is 7.05 Å². The first-order valence-electron chi connectivity index (χ1n) is 14.9. The molecule has 0 spiro atoms. The van der Waals surface area contributed by atoms with Gasteiger partial charge in [0.25, 0.3) is 0 Å². The van der Waals surface area contributed by atoms with Gasteiger partial charge in [-0.05, 0) is 49.8 Å². The maximum atomic E-state index is 13.0. The molecule has 0 saturated carbocycles. The summed E-state index contributed by atoms with van der Waals surface area (Å²) in [5.41, 5.74) is 7.79. The van der Waals surface area contributed by atoms with Crippen molar-refractivity contribution in [3.05, 3.63) is 54.1 Å². The van der Waals surface area contributed by atoms with E-state index in [-0.39, 0.29) is 29.9 Å². The highest BCUT2D eigenvalue weighted by Gasteiger charge is 2.42. The number of benzene rings is 2. The number of ether oxygens (including phenoxy) is 2. The predicted molar refractivity (Wildman–Crippen MR) is 164 cm³/mol. The second-order valence-corrected chi connectivity index (χ2v) is 12.4. The van der Waals surface area contributed by atoms with E-state index >= 15 is 0 Å². The maximum Gasteiger partial charge on any atom is 0.315 e. The number of likely N-dealkylation sites (N-methyl/N-ethyl adjacent to an activating group) is 1. The molecular weight excluding hydrogens is 554 g/mol. The molecule has 3 aliphatic heterocycles. The summed E-state index contributed by atoms with van der Waals surface area (Å²) in [7, 11) is 1.70. The molecule has 0 unspecified atom stereocenters. The molecule has 226 valence electrons. The molecule has 3 heterocycles. The molecule has 2 aromatic carbocycles. The molecule has 5 N–H and O–H groups in total. The number of carbonyl (C=O) groups excluding carboxylic acids is 3. The summed E-state index contributed by atoms with van der Waals surface area (Å²) in [5, 5.41) is 9.43. The van der Waals surface area contributed by atoms with Crippen LogP contribution >= 0.6 is 11.8 Å². The van der Waals surface area contributed by atoms with Gasteiger partial charge in [-0.2, -0.15) is 11.8 Å². The topological polar surface area (TPSA) is 135 Å². The molecule has 4 amide bonds. The van der Waals surface area contributed by atoms with Crippen LogP contribution in [0.4, 0.5) is 10.5 Å². The maximum absolute atomic E-state index is 13.0.